The van der Waals surface area contributed by atoms with E-state index in [4.69, 9.17) is 0 Å². The number of nitrogens with one attached hydrogen (secondary N) is 1. The van der Waals surface area contributed by atoms with Gasteiger partial charge in [-0.3, -0.25) is 4.79 Å². The average molecular weight is 274 g/mol. The van der Waals surface area contributed by atoms with Gasteiger partial charge in [0.05, 0.1) is 0 Å². The summed E-state index contributed by atoms with van der Waals surface area (Å²) in [5, 5.41) is 3.56. The molecule has 2 unspecified atom stereocenters. The number of piperazine rings is 1. The highest BCUT2D eigenvalue weighted by Crippen LogP contribution is 2.13. The number of rotatable bonds is 5. The zero-order valence-electron chi connectivity index (χ0n) is 12.6. The molecule has 3 heteroatoms. The number of hydrogen-bond donors (Lipinski definition) is 1. The Morgan fingerprint density at radius 1 is 1.35 bits per heavy atom. The summed E-state index contributed by atoms with van der Waals surface area (Å²) < 4.78 is 0. The second-order valence-electron chi connectivity index (χ2n) is 5.79. The second kappa shape index (κ2) is 7.44. The lowest BCUT2D eigenvalue weighted by Crippen LogP contribution is -2.57. The molecule has 1 aliphatic rings. The van der Waals surface area contributed by atoms with Crippen LogP contribution in [0.15, 0.2) is 30.3 Å². The van der Waals surface area contributed by atoms with Crippen molar-refractivity contribution < 1.29 is 4.79 Å². The van der Waals surface area contributed by atoms with Crippen molar-refractivity contribution in [2.75, 3.05) is 13.1 Å². The van der Waals surface area contributed by atoms with Gasteiger partial charge < -0.3 is 10.2 Å². The van der Waals surface area contributed by atoms with Crippen molar-refractivity contribution in [1.29, 1.82) is 0 Å². The zero-order valence-corrected chi connectivity index (χ0v) is 12.6. The van der Waals surface area contributed by atoms with E-state index in [0.29, 0.717) is 24.4 Å². The van der Waals surface area contributed by atoms with Crippen LogP contribution in [0.5, 0.6) is 0 Å². The average Bonchev–Trinajstić information content (AvgIpc) is 2.48. The first-order valence-corrected chi connectivity index (χ1v) is 7.77. The van der Waals surface area contributed by atoms with Crippen LogP contribution < -0.4 is 5.32 Å². The third kappa shape index (κ3) is 4.07. The molecule has 1 aromatic carbocycles. The number of amides is 1. The Labute approximate surface area is 122 Å². The van der Waals surface area contributed by atoms with E-state index in [1.807, 2.05) is 6.07 Å². The van der Waals surface area contributed by atoms with Crippen molar-refractivity contribution >= 4 is 5.91 Å². The van der Waals surface area contributed by atoms with Gasteiger partial charge in [-0.05, 0) is 25.3 Å². The fourth-order valence-electron chi connectivity index (χ4n) is 2.78. The van der Waals surface area contributed by atoms with Crippen LogP contribution in [-0.4, -0.2) is 36.0 Å². The van der Waals surface area contributed by atoms with Crippen LogP contribution in [0.4, 0.5) is 0 Å². The smallest absolute Gasteiger partial charge is 0.222 e. The first kappa shape index (κ1) is 15.0. The largest absolute Gasteiger partial charge is 0.337 e. The molecule has 0 bridgehead atoms. The molecular weight excluding hydrogens is 248 g/mol. The topological polar surface area (TPSA) is 32.3 Å². The summed E-state index contributed by atoms with van der Waals surface area (Å²) in [6.45, 7) is 6.00. The van der Waals surface area contributed by atoms with E-state index in [2.05, 4.69) is 48.3 Å². The molecule has 1 N–H and O–H groups in total. The summed E-state index contributed by atoms with van der Waals surface area (Å²) in [7, 11) is 0. The molecule has 3 nitrogen and oxygen atoms in total. The third-order valence-electron chi connectivity index (χ3n) is 4.04. The molecule has 2 atom stereocenters. The number of benzene rings is 1. The maximum Gasteiger partial charge on any atom is 0.222 e. The minimum absolute atomic E-state index is 0.311. The first-order chi connectivity index (χ1) is 9.70. The van der Waals surface area contributed by atoms with Gasteiger partial charge in [-0.2, -0.15) is 0 Å². The Hall–Kier alpha value is -1.35. The Morgan fingerprint density at radius 3 is 2.80 bits per heavy atom. The molecule has 1 saturated heterocycles. The van der Waals surface area contributed by atoms with Crippen molar-refractivity contribution in [3.63, 3.8) is 0 Å². The molecule has 2 rings (SSSR count). The molecule has 20 heavy (non-hydrogen) atoms. The number of nitrogens with zero attached hydrogens (tertiary/aromatic N) is 1. The van der Waals surface area contributed by atoms with Gasteiger partial charge >= 0.3 is 0 Å². The molecule has 0 spiro atoms. The zero-order chi connectivity index (χ0) is 14.4. The van der Waals surface area contributed by atoms with Crippen LogP contribution in [0, 0.1) is 0 Å². The van der Waals surface area contributed by atoms with Crippen molar-refractivity contribution in [3.05, 3.63) is 35.9 Å². The van der Waals surface area contributed by atoms with Crippen LogP contribution in [0.3, 0.4) is 0 Å². The van der Waals surface area contributed by atoms with Crippen LogP contribution >= 0.6 is 0 Å². The van der Waals surface area contributed by atoms with Crippen molar-refractivity contribution in [2.45, 2.75) is 51.6 Å². The van der Waals surface area contributed by atoms with Gasteiger partial charge in [-0.15, -0.1) is 0 Å². The van der Waals surface area contributed by atoms with Crippen LogP contribution in [0.25, 0.3) is 0 Å². The number of hydrogen-bond acceptors (Lipinski definition) is 2. The molecule has 0 saturated carbocycles. The second-order valence-corrected chi connectivity index (χ2v) is 5.79. The fourth-order valence-corrected chi connectivity index (χ4v) is 2.78. The number of carbonyl (C=O) groups excluding carboxylic acids is 1. The maximum absolute atomic E-state index is 12.3. The van der Waals surface area contributed by atoms with Gasteiger partial charge in [0.15, 0.2) is 0 Å². The Morgan fingerprint density at radius 2 is 2.10 bits per heavy atom. The summed E-state index contributed by atoms with van der Waals surface area (Å²) in [4.78, 5) is 14.3. The molecule has 0 radical (unpaired) electrons. The van der Waals surface area contributed by atoms with Gasteiger partial charge in [0.1, 0.15) is 0 Å². The monoisotopic (exact) mass is 274 g/mol. The van der Waals surface area contributed by atoms with Crippen LogP contribution in [0.1, 0.15) is 38.7 Å². The van der Waals surface area contributed by atoms with Gasteiger partial charge in [-0.25, -0.2) is 0 Å². The maximum atomic E-state index is 12.3. The standard InChI is InChI=1S/C17H26N2O/c1-3-4-10-17(20)19-13-16(18-12-14(19)2)11-15-8-6-5-7-9-15/h5-9,14,16,18H,3-4,10-13H2,1-2H3. The minimum atomic E-state index is 0.311. The van der Waals surface area contributed by atoms with E-state index >= 15 is 0 Å². The van der Waals surface area contributed by atoms with E-state index < -0.39 is 0 Å². The SMILES string of the molecule is CCCCC(=O)N1CC(Cc2ccccc2)NCC1C. The summed E-state index contributed by atoms with van der Waals surface area (Å²) in [6, 6.07) is 11.2. The van der Waals surface area contributed by atoms with Crippen molar-refractivity contribution in [1.82, 2.24) is 10.2 Å². The molecule has 1 fully saturated rings. The lowest BCUT2D eigenvalue weighted by molar-refractivity contribution is -0.134. The van der Waals surface area contributed by atoms with Crippen molar-refractivity contribution in [2.24, 2.45) is 0 Å². The summed E-state index contributed by atoms with van der Waals surface area (Å²) in [6.07, 6.45) is 3.77. The van der Waals surface area contributed by atoms with E-state index in [0.717, 1.165) is 32.4 Å². The van der Waals surface area contributed by atoms with Crippen LogP contribution in [-0.2, 0) is 11.2 Å². The highest BCUT2D eigenvalue weighted by atomic mass is 16.2. The third-order valence-corrected chi connectivity index (χ3v) is 4.04. The number of unbranched alkanes of at least 4 members (excludes halogenated alkanes) is 1. The fraction of sp³-hybridized carbons (Fsp3) is 0.588. The molecule has 1 heterocycles. The lowest BCUT2D eigenvalue weighted by atomic mass is 10.0. The Balaban J connectivity index is 1.92. The first-order valence-electron chi connectivity index (χ1n) is 7.77. The van der Waals surface area contributed by atoms with E-state index in [9.17, 15) is 4.79 Å². The number of carbonyl (C=O) groups is 1. The van der Waals surface area contributed by atoms with Gasteiger partial charge in [-0.1, -0.05) is 43.7 Å². The van der Waals surface area contributed by atoms with Gasteiger partial charge in [0, 0.05) is 31.6 Å². The molecule has 1 aliphatic heterocycles. The highest BCUT2D eigenvalue weighted by molar-refractivity contribution is 5.76. The highest BCUT2D eigenvalue weighted by Gasteiger charge is 2.27. The molecule has 110 valence electrons. The predicted octanol–water partition coefficient (Wildman–Crippen LogP) is 2.61. The molecular formula is C17H26N2O. The molecule has 0 aliphatic carbocycles. The molecule has 0 aromatic heterocycles. The summed E-state index contributed by atoms with van der Waals surface area (Å²) in [5.41, 5.74) is 1.33. The van der Waals surface area contributed by atoms with E-state index in [1.165, 1.54) is 5.56 Å². The van der Waals surface area contributed by atoms with Gasteiger partial charge in [0.25, 0.3) is 0 Å². The summed E-state index contributed by atoms with van der Waals surface area (Å²) in [5.74, 6) is 0.318. The predicted molar refractivity (Wildman–Crippen MR) is 82.6 cm³/mol. The minimum Gasteiger partial charge on any atom is -0.337 e. The Bertz CT molecular complexity index is 418. The van der Waals surface area contributed by atoms with E-state index in [1.54, 1.807) is 0 Å². The lowest BCUT2D eigenvalue weighted by Gasteiger charge is -2.39. The van der Waals surface area contributed by atoms with Crippen LogP contribution in [0.2, 0.25) is 0 Å². The normalized spacial score (nSPS) is 22.8. The molecule has 1 amide bonds. The summed E-state index contributed by atoms with van der Waals surface area (Å²) >= 11 is 0. The Kier molecular flexibility index (Phi) is 5.60. The molecule has 1 aromatic rings. The van der Waals surface area contributed by atoms with Crippen molar-refractivity contribution in [3.8, 4) is 0 Å². The van der Waals surface area contributed by atoms with E-state index in [-0.39, 0.29) is 0 Å². The quantitative estimate of drug-likeness (QED) is 0.895. The van der Waals surface area contributed by atoms with Gasteiger partial charge in [0.2, 0.25) is 5.91 Å².